The van der Waals surface area contributed by atoms with Crippen molar-refractivity contribution in [3.8, 4) is 0 Å². The molecule has 1 amide bonds. The average molecular weight is 343 g/mol. The molecule has 1 aromatic rings. The molecule has 2 rings (SSSR count). The second-order valence-electron chi connectivity index (χ2n) is 4.70. The summed E-state index contributed by atoms with van der Waals surface area (Å²) in [4.78, 5) is 14.6. The van der Waals surface area contributed by atoms with E-state index < -0.39 is 0 Å². The first kappa shape index (κ1) is 12.9. The van der Waals surface area contributed by atoms with Crippen molar-refractivity contribution in [1.29, 1.82) is 0 Å². The number of alkyl halides is 1. The first-order chi connectivity index (χ1) is 8.11. The van der Waals surface area contributed by atoms with E-state index in [2.05, 4.69) is 22.6 Å². The lowest BCUT2D eigenvalue weighted by Crippen LogP contribution is -2.40. The number of piperidine rings is 1. The van der Waals surface area contributed by atoms with E-state index in [1.807, 2.05) is 36.9 Å². The van der Waals surface area contributed by atoms with Crippen LogP contribution in [0.5, 0.6) is 0 Å². The number of rotatable bonds is 1. The zero-order valence-electron chi connectivity index (χ0n) is 10.4. The van der Waals surface area contributed by atoms with Crippen LogP contribution in [0.25, 0.3) is 0 Å². The van der Waals surface area contributed by atoms with Crippen molar-refractivity contribution in [2.45, 2.75) is 37.2 Å². The molecule has 17 heavy (non-hydrogen) atoms. The third-order valence-corrected chi connectivity index (χ3v) is 4.68. The molecule has 1 fully saturated rings. The fraction of sp³-hybridized carbons (Fsp3) is 0.500. The van der Waals surface area contributed by atoms with Gasteiger partial charge in [-0.25, -0.2) is 0 Å². The zero-order valence-corrected chi connectivity index (χ0v) is 12.5. The van der Waals surface area contributed by atoms with E-state index in [0.717, 1.165) is 36.1 Å². The van der Waals surface area contributed by atoms with E-state index in [1.165, 1.54) is 6.42 Å². The van der Waals surface area contributed by atoms with Gasteiger partial charge in [0.15, 0.2) is 0 Å². The van der Waals surface area contributed by atoms with Crippen LogP contribution in [0.2, 0.25) is 0 Å². The minimum absolute atomic E-state index is 0.208. The van der Waals surface area contributed by atoms with Gasteiger partial charge in [0.05, 0.1) is 4.05 Å². The average Bonchev–Trinajstić information content (AvgIpc) is 2.29. The lowest BCUT2D eigenvalue weighted by molar-refractivity contribution is 0.0709. The molecule has 92 valence electrons. The highest BCUT2D eigenvalue weighted by Crippen LogP contribution is 2.26. The van der Waals surface area contributed by atoms with Crippen molar-refractivity contribution in [1.82, 2.24) is 4.90 Å². The lowest BCUT2D eigenvalue weighted by atomic mass is 10.0. The van der Waals surface area contributed by atoms with E-state index >= 15 is 0 Å². The molecule has 3 heteroatoms. The van der Waals surface area contributed by atoms with Crippen molar-refractivity contribution >= 4 is 28.5 Å². The third-order valence-electron chi connectivity index (χ3n) is 3.39. The molecule has 1 atom stereocenters. The third kappa shape index (κ3) is 2.64. The van der Waals surface area contributed by atoms with Crippen LogP contribution in [0, 0.1) is 13.8 Å². The van der Waals surface area contributed by atoms with E-state index in [1.54, 1.807) is 0 Å². The molecule has 1 heterocycles. The second kappa shape index (κ2) is 5.38. The van der Waals surface area contributed by atoms with Crippen molar-refractivity contribution in [3.05, 3.63) is 34.9 Å². The van der Waals surface area contributed by atoms with E-state index in [9.17, 15) is 4.79 Å². The molecule has 0 aliphatic carbocycles. The molecular weight excluding hydrogens is 325 g/mol. The Bertz CT molecular complexity index is 410. The number of aryl methyl sites for hydroxylation is 2. The highest BCUT2D eigenvalue weighted by atomic mass is 127. The molecule has 0 aromatic heterocycles. The molecule has 0 saturated carbocycles. The fourth-order valence-electron chi connectivity index (χ4n) is 2.42. The quantitative estimate of drug-likeness (QED) is 0.433. The summed E-state index contributed by atoms with van der Waals surface area (Å²) >= 11 is 2.39. The summed E-state index contributed by atoms with van der Waals surface area (Å²) in [6.45, 7) is 4.94. The monoisotopic (exact) mass is 343 g/mol. The Balaban J connectivity index is 2.30. The van der Waals surface area contributed by atoms with Crippen molar-refractivity contribution in [2.75, 3.05) is 6.54 Å². The summed E-state index contributed by atoms with van der Waals surface area (Å²) in [6, 6.07) is 6.05. The summed E-state index contributed by atoms with van der Waals surface area (Å²) in [5.74, 6) is 0.208. The van der Waals surface area contributed by atoms with Gasteiger partial charge in [-0.05, 0) is 44.2 Å². The molecule has 1 unspecified atom stereocenters. The Morgan fingerprint density at radius 3 is 2.53 bits per heavy atom. The molecular formula is C14H18INO. The van der Waals surface area contributed by atoms with Gasteiger partial charge in [-0.2, -0.15) is 0 Å². The Labute approximate surface area is 117 Å². The highest BCUT2D eigenvalue weighted by Gasteiger charge is 2.26. The molecule has 0 bridgehead atoms. The predicted molar refractivity (Wildman–Crippen MR) is 78.6 cm³/mol. The van der Waals surface area contributed by atoms with Crippen LogP contribution in [0.4, 0.5) is 0 Å². The zero-order chi connectivity index (χ0) is 12.4. The summed E-state index contributed by atoms with van der Waals surface area (Å²) in [5, 5.41) is 0. The maximum atomic E-state index is 12.6. The van der Waals surface area contributed by atoms with Gasteiger partial charge in [0.2, 0.25) is 0 Å². The molecule has 0 spiro atoms. The number of halogens is 1. The number of hydrogen-bond donors (Lipinski definition) is 0. The van der Waals surface area contributed by atoms with Gasteiger partial charge < -0.3 is 4.90 Å². The molecule has 1 aliphatic rings. The Hall–Kier alpha value is -0.580. The number of carbonyl (C=O) groups is 1. The molecule has 1 saturated heterocycles. The number of hydrogen-bond acceptors (Lipinski definition) is 1. The van der Waals surface area contributed by atoms with Crippen LogP contribution in [-0.4, -0.2) is 21.4 Å². The van der Waals surface area contributed by atoms with E-state index in [4.69, 9.17) is 0 Å². The normalized spacial score (nSPS) is 20.4. The summed E-state index contributed by atoms with van der Waals surface area (Å²) in [5.41, 5.74) is 3.07. The van der Waals surface area contributed by atoms with E-state index in [-0.39, 0.29) is 5.91 Å². The van der Waals surface area contributed by atoms with Crippen LogP contribution in [-0.2, 0) is 0 Å². The molecule has 1 aliphatic heterocycles. The summed E-state index contributed by atoms with van der Waals surface area (Å²) < 4.78 is 0.354. The fourth-order valence-corrected chi connectivity index (χ4v) is 3.39. The first-order valence-electron chi connectivity index (χ1n) is 6.12. The van der Waals surface area contributed by atoms with Gasteiger partial charge in [-0.3, -0.25) is 4.79 Å². The Morgan fingerprint density at radius 2 is 1.94 bits per heavy atom. The van der Waals surface area contributed by atoms with Crippen LogP contribution in [0.1, 0.15) is 40.7 Å². The molecule has 0 N–H and O–H groups in total. The number of nitrogens with zero attached hydrogens (tertiary/aromatic N) is 1. The minimum Gasteiger partial charge on any atom is -0.327 e. The Kier molecular flexibility index (Phi) is 4.07. The van der Waals surface area contributed by atoms with Crippen LogP contribution < -0.4 is 0 Å². The summed E-state index contributed by atoms with van der Waals surface area (Å²) in [7, 11) is 0. The second-order valence-corrected chi connectivity index (χ2v) is 6.13. The molecule has 2 nitrogen and oxygen atoms in total. The van der Waals surface area contributed by atoms with Crippen LogP contribution in [0.3, 0.4) is 0 Å². The Morgan fingerprint density at radius 1 is 1.29 bits per heavy atom. The topological polar surface area (TPSA) is 20.3 Å². The highest BCUT2D eigenvalue weighted by molar-refractivity contribution is 14.1. The van der Waals surface area contributed by atoms with Crippen molar-refractivity contribution < 1.29 is 4.79 Å². The van der Waals surface area contributed by atoms with Gasteiger partial charge in [0.25, 0.3) is 5.91 Å². The van der Waals surface area contributed by atoms with Crippen LogP contribution >= 0.6 is 22.6 Å². The van der Waals surface area contributed by atoms with Crippen LogP contribution in [0.15, 0.2) is 18.2 Å². The lowest BCUT2D eigenvalue weighted by Gasteiger charge is -2.33. The standard InChI is InChI=1S/C14H18INO/c1-10-6-5-7-11(2)13(10)14(17)16-9-4-3-8-12(16)15/h5-7,12H,3-4,8-9H2,1-2H3. The van der Waals surface area contributed by atoms with Gasteiger partial charge >= 0.3 is 0 Å². The first-order valence-corrected chi connectivity index (χ1v) is 7.37. The van der Waals surface area contributed by atoms with Gasteiger partial charge in [-0.15, -0.1) is 0 Å². The summed E-state index contributed by atoms with van der Waals surface area (Å²) in [6.07, 6.45) is 3.50. The number of benzene rings is 1. The SMILES string of the molecule is Cc1cccc(C)c1C(=O)N1CCCCC1I. The largest absolute Gasteiger partial charge is 0.327 e. The molecule has 1 aromatic carbocycles. The van der Waals surface area contributed by atoms with Gasteiger partial charge in [0.1, 0.15) is 0 Å². The van der Waals surface area contributed by atoms with E-state index in [0.29, 0.717) is 4.05 Å². The number of amides is 1. The van der Waals surface area contributed by atoms with Crippen molar-refractivity contribution in [2.24, 2.45) is 0 Å². The number of carbonyl (C=O) groups excluding carboxylic acids is 1. The van der Waals surface area contributed by atoms with Gasteiger partial charge in [-0.1, -0.05) is 40.8 Å². The van der Waals surface area contributed by atoms with Crippen molar-refractivity contribution in [3.63, 3.8) is 0 Å². The smallest absolute Gasteiger partial charge is 0.255 e. The minimum atomic E-state index is 0.208. The maximum Gasteiger partial charge on any atom is 0.255 e. The van der Waals surface area contributed by atoms with Gasteiger partial charge in [0, 0.05) is 12.1 Å². The number of likely N-dealkylation sites (tertiary alicyclic amines) is 1. The maximum absolute atomic E-state index is 12.6. The molecule has 0 radical (unpaired) electrons. The predicted octanol–water partition coefficient (Wildman–Crippen LogP) is 3.69.